The summed E-state index contributed by atoms with van der Waals surface area (Å²) in [4.78, 5) is 0. The first-order valence-corrected chi connectivity index (χ1v) is 7.88. The Morgan fingerprint density at radius 2 is 1.95 bits per heavy atom. The minimum absolute atomic E-state index is 0.0261. The van der Waals surface area contributed by atoms with Gasteiger partial charge in [0, 0.05) is 12.2 Å². The smallest absolute Gasteiger partial charge is 0.219 e. The summed E-state index contributed by atoms with van der Waals surface area (Å²) in [5.74, 6) is 2.88. The highest BCUT2D eigenvalue weighted by atomic mass is 32.2. The van der Waals surface area contributed by atoms with Crippen LogP contribution in [0.2, 0.25) is 0 Å². The lowest BCUT2D eigenvalue weighted by molar-refractivity contribution is 0.429. The summed E-state index contributed by atoms with van der Waals surface area (Å²) in [5.41, 5.74) is 6.94. The molecule has 1 saturated carbocycles. The monoisotopic (exact) mass is 278 g/mol. The Hall–Kier alpha value is -1.51. The molecule has 0 bridgehead atoms. The SMILES string of the molecule is C#CCN(CC1CC1)S(=O)(=O)Cc1ccc(N)cc1. The third-order valence-corrected chi connectivity index (χ3v) is 4.91. The molecule has 102 valence electrons. The summed E-state index contributed by atoms with van der Waals surface area (Å²) in [7, 11) is -3.36. The Labute approximate surface area is 114 Å². The molecule has 0 aliphatic heterocycles. The second kappa shape index (κ2) is 5.64. The Morgan fingerprint density at radius 1 is 1.32 bits per heavy atom. The van der Waals surface area contributed by atoms with Gasteiger partial charge in [-0.25, -0.2) is 8.42 Å². The molecule has 1 aliphatic rings. The Balaban J connectivity index is 2.10. The third kappa shape index (κ3) is 3.98. The molecule has 0 radical (unpaired) electrons. The molecule has 0 atom stereocenters. The van der Waals surface area contributed by atoms with Crippen LogP contribution in [0.4, 0.5) is 5.69 Å². The van der Waals surface area contributed by atoms with Crippen LogP contribution in [0.15, 0.2) is 24.3 Å². The minimum Gasteiger partial charge on any atom is -0.399 e. The highest BCUT2D eigenvalue weighted by Crippen LogP contribution is 2.30. The molecular formula is C14H18N2O2S. The van der Waals surface area contributed by atoms with Crippen molar-refractivity contribution in [2.24, 2.45) is 5.92 Å². The molecule has 0 unspecified atom stereocenters. The molecule has 1 fully saturated rings. The largest absolute Gasteiger partial charge is 0.399 e. The van der Waals surface area contributed by atoms with Gasteiger partial charge in [0.25, 0.3) is 0 Å². The fourth-order valence-corrected chi connectivity index (χ4v) is 3.39. The van der Waals surface area contributed by atoms with Crippen LogP contribution in [0, 0.1) is 18.3 Å². The van der Waals surface area contributed by atoms with Crippen molar-refractivity contribution in [2.75, 3.05) is 18.8 Å². The molecular weight excluding hydrogens is 260 g/mol. The number of nitrogens with zero attached hydrogens (tertiary/aromatic N) is 1. The maximum atomic E-state index is 12.3. The fraction of sp³-hybridized carbons (Fsp3) is 0.429. The van der Waals surface area contributed by atoms with Crippen molar-refractivity contribution < 1.29 is 8.42 Å². The normalized spacial score (nSPS) is 15.4. The van der Waals surface area contributed by atoms with Crippen LogP contribution >= 0.6 is 0 Å². The van der Waals surface area contributed by atoms with Gasteiger partial charge in [-0.1, -0.05) is 18.1 Å². The second-order valence-electron chi connectivity index (χ2n) is 4.94. The van der Waals surface area contributed by atoms with Crippen LogP contribution in [0.1, 0.15) is 18.4 Å². The summed E-state index contributed by atoms with van der Waals surface area (Å²) in [6.07, 6.45) is 7.45. The van der Waals surface area contributed by atoms with Crippen molar-refractivity contribution in [3.05, 3.63) is 29.8 Å². The predicted octanol–water partition coefficient (Wildman–Crippen LogP) is 1.44. The van der Waals surface area contributed by atoms with Gasteiger partial charge < -0.3 is 5.73 Å². The van der Waals surface area contributed by atoms with Crippen molar-refractivity contribution >= 4 is 15.7 Å². The van der Waals surface area contributed by atoms with Crippen molar-refractivity contribution in [1.29, 1.82) is 0 Å². The molecule has 1 aromatic rings. The summed E-state index contributed by atoms with van der Waals surface area (Å²) in [6, 6.07) is 6.88. The standard InChI is InChI=1S/C14H18N2O2S/c1-2-9-16(10-12-3-4-12)19(17,18)11-13-5-7-14(15)8-6-13/h1,5-8,12H,3-4,9-11,15H2. The molecule has 2 rings (SSSR count). The summed E-state index contributed by atoms with van der Waals surface area (Å²) < 4.78 is 26.1. The van der Waals surface area contributed by atoms with E-state index in [2.05, 4.69) is 5.92 Å². The summed E-state index contributed by atoms with van der Waals surface area (Å²) in [6.45, 7) is 0.690. The number of benzene rings is 1. The quantitative estimate of drug-likeness (QED) is 0.632. The third-order valence-electron chi connectivity index (χ3n) is 3.15. The number of sulfonamides is 1. The van der Waals surface area contributed by atoms with Gasteiger partial charge >= 0.3 is 0 Å². The Morgan fingerprint density at radius 3 is 2.47 bits per heavy atom. The first kappa shape index (κ1) is 13.9. The topological polar surface area (TPSA) is 63.4 Å². The second-order valence-corrected chi connectivity index (χ2v) is 6.91. The number of hydrogen-bond acceptors (Lipinski definition) is 3. The van der Waals surface area contributed by atoms with E-state index in [-0.39, 0.29) is 12.3 Å². The molecule has 19 heavy (non-hydrogen) atoms. The van der Waals surface area contributed by atoms with E-state index in [1.807, 2.05) is 0 Å². The highest BCUT2D eigenvalue weighted by molar-refractivity contribution is 7.88. The first-order chi connectivity index (χ1) is 9.01. The van der Waals surface area contributed by atoms with E-state index in [4.69, 9.17) is 12.2 Å². The summed E-state index contributed by atoms with van der Waals surface area (Å²) >= 11 is 0. The van der Waals surface area contributed by atoms with Gasteiger partial charge in [-0.3, -0.25) is 0 Å². The highest BCUT2D eigenvalue weighted by Gasteiger charge is 2.30. The number of nitrogen functional groups attached to an aromatic ring is 1. The van der Waals surface area contributed by atoms with Gasteiger partial charge in [-0.2, -0.15) is 4.31 Å². The van der Waals surface area contributed by atoms with Crippen LogP contribution in [0.5, 0.6) is 0 Å². The van der Waals surface area contributed by atoms with E-state index in [1.165, 1.54) is 4.31 Å². The van der Waals surface area contributed by atoms with Gasteiger partial charge in [0.2, 0.25) is 10.0 Å². The van der Waals surface area contributed by atoms with Crippen molar-refractivity contribution in [1.82, 2.24) is 4.31 Å². The molecule has 5 heteroatoms. The molecule has 1 aliphatic carbocycles. The van der Waals surface area contributed by atoms with Crippen LogP contribution < -0.4 is 5.73 Å². The van der Waals surface area contributed by atoms with Crippen LogP contribution in [-0.4, -0.2) is 25.8 Å². The van der Waals surface area contributed by atoms with E-state index in [0.29, 0.717) is 18.2 Å². The number of nitrogens with two attached hydrogens (primary N) is 1. The molecule has 0 saturated heterocycles. The van der Waals surface area contributed by atoms with E-state index in [1.54, 1.807) is 24.3 Å². The lowest BCUT2D eigenvalue weighted by atomic mass is 10.2. The maximum absolute atomic E-state index is 12.3. The van der Waals surface area contributed by atoms with Gasteiger partial charge in [0.15, 0.2) is 0 Å². The molecule has 0 aromatic heterocycles. The molecule has 1 aromatic carbocycles. The number of hydrogen-bond donors (Lipinski definition) is 1. The van der Waals surface area contributed by atoms with E-state index >= 15 is 0 Å². The number of rotatable bonds is 6. The molecule has 2 N–H and O–H groups in total. The number of anilines is 1. The maximum Gasteiger partial charge on any atom is 0.219 e. The summed E-state index contributed by atoms with van der Waals surface area (Å²) in [5, 5.41) is 0. The van der Waals surface area contributed by atoms with Crippen LogP contribution in [-0.2, 0) is 15.8 Å². The average molecular weight is 278 g/mol. The fourth-order valence-electron chi connectivity index (χ4n) is 1.88. The molecule has 0 heterocycles. The molecule has 0 spiro atoms. The Kier molecular flexibility index (Phi) is 4.13. The van der Waals surface area contributed by atoms with Gasteiger partial charge in [-0.15, -0.1) is 6.42 Å². The van der Waals surface area contributed by atoms with E-state index < -0.39 is 10.0 Å². The lowest BCUT2D eigenvalue weighted by Gasteiger charge is -2.19. The molecule has 4 nitrogen and oxygen atoms in total. The zero-order chi connectivity index (χ0) is 13.9. The minimum atomic E-state index is -3.36. The van der Waals surface area contributed by atoms with E-state index in [0.717, 1.165) is 18.4 Å². The zero-order valence-corrected chi connectivity index (χ0v) is 11.6. The van der Waals surface area contributed by atoms with Crippen molar-refractivity contribution in [3.8, 4) is 12.3 Å². The average Bonchev–Trinajstić information content (AvgIpc) is 3.15. The van der Waals surface area contributed by atoms with Crippen LogP contribution in [0.3, 0.4) is 0 Å². The van der Waals surface area contributed by atoms with Crippen LogP contribution in [0.25, 0.3) is 0 Å². The number of terminal acetylenes is 1. The predicted molar refractivity (Wildman–Crippen MR) is 76.6 cm³/mol. The Bertz CT molecular complexity index is 568. The first-order valence-electron chi connectivity index (χ1n) is 6.27. The molecule has 0 amide bonds. The van der Waals surface area contributed by atoms with Gasteiger partial charge in [0.05, 0.1) is 12.3 Å². The van der Waals surface area contributed by atoms with Crippen molar-refractivity contribution in [3.63, 3.8) is 0 Å². The van der Waals surface area contributed by atoms with Gasteiger partial charge in [0.1, 0.15) is 0 Å². The lowest BCUT2D eigenvalue weighted by Crippen LogP contribution is -2.34. The van der Waals surface area contributed by atoms with E-state index in [9.17, 15) is 8.42 Å². The zero-order valence-electron chi connectivity index (χ0n) is 10.7. The van der Waals surface area contributed by atoms with Gasteiger partial charge in [-0.05, 0) is 36.5 Å². The van der Waals surface area contributed by atoms with Crippen molar-refractivity contribution in [2.45, 2.75) is 18.6 Å².